The summed E-state index contributed by atoms with van der Waals surface area (Å²) in [6.07, 6.45) is 3.85. The summed E-state index contributed by atoms with van der Waals surface area (Å²) in [5, 5.41) is 9.03. The van der Waals surface area contributed by atoms with E-state index in [2.05, 4.69) is 21.8 Å². The molecular weight excluding hydrogens is 258 g/mol. The van der Waals surface area contributed by atoms with Gasteiger partial charge in [-0.15, -0.1) is 0 Å². The van der Waals surface area contributed by atoms with Gasteiger partial charge in [-0.3, -0.25) is 0 Å². The highest BCUT2D eigenvalue weighted by Gasteiger charge is 2.33. The van der Waals surface area contributed by atoms with Gasteiger partial charge in [-0.25, -0.2) is 14.8 Å². The molecule has 20 heavy (non-hydrogen) atoms. The SMILES string of the molecule is COCCN(c1ncc(C(=O)O)c(C)n1)C(C)C1CC1. The van der Waals surface area contributed by atoms with Crippen LogP contribution in [0.15, 0.2) is 6.20 Å². The third kappa shape index (κ3) is 3.25. The van der Waals surface area contributed by atoms with Crippen molar-refractivity contribution in [3.05, 3.63) is 17.5 Å². The van der Waals surface area contributed by atoms with E-state index in [1.807, 2.05) is 0 Å². The first-order chi connectivity index (χ1) is 9.54. The van der Waals surface area contributed by atoms with Gasteiger partial charge in [0, 0.05) is 25.9 Å². The highest BCUT2D eigenvalue weighted by molar-refractivity contribution is 5.88. The number of ether oxygens (including phenoxy) is 1. The molecule has 0 amide bonds. The summed E-state index contributed by atoms with van der Waals surface area (Å²) < 4.78 is 5.14. The summed E-state index contributed by atoms with van der Waals surface area (Å²) in [4.78, 5) is 21.7. The molecule has 0 bridgehead atoms. The van der Waals surface area contributed by atoms with Gasteiger partial charge in [0.1, 0.15) is 0 Å². The Morgan fingerprint density at radius 3 is 2.80 bits per heavy atom. The van der Waals surface area contributed by atoms with Gasteiger partial charge in [0.15, 0.2) is 0 Å². The fourth-order valence-corrected chi connectivity index (χ4v) is 2.31. The number of hydrogen-bond donors (Lipinski definition) is 1. The van der Waals surface area contributed by atoms with Gasteiger partial charge in [0.2, 0.25) is 5.95 Å². The Balaban J connectivity index is 2.23. The predicted molar refractivity (Wildman–Crippen MR) is 75.1 cm³/mol. The van der Waals surface area contributed by atoms with E-state index in [0.29, 0.717) is 36.8 Å². The van der Waals surface area contributed by atoms with Crippen LogP contribution in [0.4, 0.5) is 5.95 Å². The molecule has 1 aliphatic carbocycles. The molecule has 1 saturated carbocycles. The predicted octanol–water partition coefficient (Wildman–Crippen LogP) is 1.73. The van der Waals surface area contributed by atoms with Gasteiger partial charge in [0.05, 0.1) is 17.9 Å². The van der Waals surface area contributed by atoms with Crippen molar-refractivity contribution in [2.75, 3.05) is 25.2 Å². The van der Waals surface area contributed by atoms with E-state index in [-0.39, 0.29) is 5.56 Å². The Bertz CT molecular complexity index is 489. The molecule has 0 saturated heterocycles. The number of aromatic nitrogens is 2. The van der Waals surface area contributed by atoms with Crippen molar-refractivity contribution in [2.45, 2.75) is 32.7 Å². The van der Waals surface area contributed by atoms with E-state index < -0.39 is 5.97 Å². The highest BCUT2D eigenvalue weighted by atomic mass is 16.5. The molecule has 1 N–H and O–H groups in total. The first-order valence-electron chi connectivity index (χ1n) is 6.87. The maximum atomic E-state index is 11.0. The highest BCUT2D eigenvalue weighted by Crippen LogP contribution is 2.36. The minimum absolute atomic E-state index is 0.152. The summed E-state index contributed by atoms with van der Waals surface area (Å²) in [5.41, 5.74) is 0.646. The molecule has 1 aromatic rings. The molecule has 1 unspecified atom stereocenters. The van der Waals surface area contributed by atoms with Gasteiger partial charge in [0.25, 0.3) is 0 Å². The first kappa shape index (κ1) is 14.7. The molecule has 0 spiro atoms. The average molecular weight is 279 g/mol. The lowest BCUT2D eigenvalue weighted by Crippen LogP contribution is -2.38. The van der Waals surface area contributed by atoms with E-state index >= 15 is 0 Å². The Labute approximate surface area is 118 Å². The second-order valence-electron chi connectivity index (χ2n) is 5.24. The van der Waals surface area contributed by atoms with Crippen molar-refractivity contribution in [2.24, 2.45) is 5.92 Å². The van der Waals surface area contributed by atoms with Crippen molar-refractivity contribution in [3.8, 4) is 0 Å². The van der Waals surface area contributed by atoms with Crippen molar-refractivity contribution < 1.29 is 14.6 Å². The van der Waals surface area contributed by atoms with Crippen LogP contribution in [0.3, 0.4) is 0 Å². The fraction of sp³-hybridized carbons (Fsp3) is 0.643. The molecule has 2 rings (SSSR count). The van der Waals surface area contributed by atoms with E-state index in [1.165, 1.54) is 19.0 Å². The third-order valence-electron chi connectivity index (χ3n) is 3.79. The molecule has 1 fully saturated rings. The molecule has 0 aliphatic heterocycles. The molecule has 6 heteroatoms. The third-order valence-corrected chi connectivity index (χ3v) is 3.79. The molecule has 110 valence electrons. The van der Waals surface area contributed by atoms with Gasteiger partial charge >= 0.3 is 5.97 Å². The lowest BCUT2D eigenvalue weighted by Gasteiger charge is -2.29. The minimum Gasteiger partial charge on any atom is -0.478 e. The number of aryl methyl sites for hydroxylation is 1. The lowest BCUT2D eigenvalue weighted by molar-refractivity contribution is 0.0695. The van der Waals surface area contributed by atoms with Gasteiger partial charge in [-0.05, 0) is 32.6 Å². The Hall–Kier alpha value is -1.69. The molecular formula is C14H21N3O3. The van der Waals surface area contributed by atoms with Crippen LogP contribution in [-0.4, -0.2) is 47.3 Å². The number of carbonyl (C=O) groups is 1. The zero-order valence-electron chi connectivity index (χ0n) is 12.2. The molecule has 1 heterocycles. The van der Waals surface area contributed by atoms with Gasteiger partial charge in [-0.2, -0.15) is 0 Å². The molecule has 6 nitrogen and oxygen atoms in total. The number of nitrogens with zero attached hydrogens (tertiary/aromatic N) is 3. The van der Waals surface area contributed by atoms with Crippen molar-refractivity contribution in [1.29, 1.82) is 0 Å². The second kappa shape index (κ2) is 6.17. The quantitative estimate of drug-likeness (QED) is 0.819. The molecule has 1 aliphatic rings. The molecule has 0 radical (unpaired) electrons. The lowest BCUT2D eigenvalue weighted by atomic mass is 10.2. The monoisotopic (exact) mass is 279 g/mol. The molecule has 1 aromatic heterocycles. The van der Waals surface area contributed by atoms with Crippen molar-refractivity contribution in [3.63, 3.8) is 0 Å². The first-order valence-corrected chi connectivity index (χ1v) is 6.87. The van der Waals surface area contributed by atoms with Crippen molar-refractivity contribution in [1.82, 2.24) is 9.97 Å². The Morgan fingerprint density at radius 2 is 2.30 bits per heavy atom. The van der Waals surface area contributed by atoms with Gasteiger partial charge < -0.3 is 14.7 Å². The summed E-state index contributed by atoms with van der Waals surface area (Å²) in [6.45, 7) is 5.17. The smallest absolute Gasteiger partial charge is 0.339 e. The topological polar surface area (TPSA) is 75.5 Å². The fourth-order valence-electron chi connectivity index (χ4n) is 2.31. The number of hydrogen-bond acceptors (Lipinski definition) is 5. The van der Waals surface area contributed by atoms with Crippen molar-refractivity contribution >= 4 is 11.9 Å². The Morgan fingerprint density at radius 1 is 1.60 bits per heavy atom. The number of aromatic carboxylic acids is 1. The Kier molecular flexibility index (Phi) is 4.54. The number of carboxylic acids is 1. The normalized spacial score (nSPS) is 15.9. The second-order valence-corrected chi connectivity index (χ2v) is 5.24. The summed E-state index contributed by atoms with van der Waals surface area (Å²) in [5.74, 6) is 0.270. The largest absolute Gasteiger partial charge is 0.478 e. The van der Waals surface area contributed by atoms with Crippen LogP contribution in [-0.2, 0) is 4.74 Å². The van der Waals surface area contributed by atoms with E-state index in [1.54, 1.807) is 14.0 Å². The zero-order valence-corrected chi connectivity index (χ0v) is 12.2. The van der Waals surface area contributed by atoms with Crippen LogP contribution in [0.2, 0.25) is 0 Å². The maximum absolute atomic E-state index is 11.0. The van der Waals surface area contributed by atoms with Crippen LogP contribution in [0.5, 0.6) is 0 Å². The van der Waals surface area contributed by atoms with Gasteiger partial charge in [-0.1, -0.05) is 0 Å². The van der Waals surface area contributed by atoms with Crippen LogP contribution in [0.25, 0.3) is 0 Å². The number of methoxy groups -OCH3 is 1. The van der Waals surface area contributed by atoms with Crippen LogP contribution in [0, 0.1) is 12.8 Å². The molecule has 1 atom stereocenters. The summed E-state index contributed by atoms with van der Waals surface area (Å²) in [7, 11) is 1.67. The van der Waals surface area contributed by atoms with E-state index in [0.717, 1.165) is 0 Å². The summed E-state index contributed by atoms with van der Waals surface area (Å²) >= 11 is 0. The minimum atomic E-state index is -0.993. The number of carboxylic acid groups (broad SMARTS) is 1. The summed E-state index contributed by atoms with van der Waals surface area (Å²) in [6, 6.07) is 0.347. The zero-order chi connectivity index (χ0) is 14.7. The van der Waals surface area contributed by atoms with Crippen LogP contribution in [0.1, 0.15) is 35.8 Å². The van der Waals surface area contributed by atoms with E-state index in [9.17, 15) is 4.79 Å². The van der Waals surface area contributed by atoms with Crippen LogP contribution < -0.4 is 4.90 Å². The number of anilines is 1. The number of rotatable bonds is 7. The average Bonchev–Trinajstić information content (AvgIpc) is 3.22. The standard InChI is InChI=1S/C14H21N3O3/c1-9-12(13(18)19)8-15-14(16-9)17(6-7-20-3)10(2)11-4-5-11/h8,10-11H,4-7H2,1-3H3,(H,18,19). The molecule has 0 aromatic carbocycles. The van der Waals surface area contributed by atoms with E-state index in [4.69, 9.17) is 9.84 Å². The van der Waals surface area contributed by atoms with Crippen LogP contribution >= 0.6 is 0 Å². The maximum Gasteiger partial charge on any atom is 0.339 e.